The van der Waals surface area contributed by atoms with Crippen LogP contribution in [0.3, 0.4) is 0 Å². The Morgan fingerprint density at radius 1 is 1.47 bits per heavy atom. The fourth-order valence-corrected chi connectivity index (χ4v) is 1.96. The maximum Gasteiger partial charge on any atom is 0.326 e. The summed E-state index contributed by atoms with van der Waals surface area (Å²) in [6.07, 6.45) is -0.739. The van der Waals surface area contributed by atoms with Crippen molar-refractivity contribution in [3.63, 3.8) is 0 Å². The van der Waals surface area contributed by atoms with Crippen LogP contribution in [-0.2, 0) is 4.79 Å². The van der Waals surface area contributed by atoms with Gasteiger partial charge in [-0.05, 0) is 19.1 Å². The number of carboxylic acid groups (broad SMARTS) is 1. The van der Waals surface area contributed by atoms with Gasteiger partial charge in [0.05, 0.1) is 6.10 Å². The molecule has 0 bridgehead atoms. The lowest BCUT2D eigenvalue weighted by Crippen LogP contribution is -2.40. The van der Waals surface area contributed by atoms with Gasteiger partial charge in [-0.15, -0.1) is 0 Å². The van der Waals surface area contributed by atoms with Crippen LogP contribution < -0.4 is 0 Å². The second kappa shape index (κ2) is 4.21. The summed E-state index contributed by atoms with van der Waals surface area (Å²) in [7, 11) is 0. The minimum atomic E-state index is -1.11. The SMILES string of the molecule is Cc1ccc(C(=O)N2CC(O)C[C@H]2C(=O)O)o1. The summed E-state index contributed by atoms with van der Waals surface area (Å²) in [6.45, 7) is 1.72. The normalized spacial score (nSPS) is 24.0. The van der Waals surface area contributed by atoms with E-state index in [0.29, 0.717) is 5.76 Å². The average molecular weight is 239 g/mol. The molecule has 2 atom stereocenters. The highest BCUT2D eigenvalue weighted by Crippen LogP contribution is 2.21. The maximum atomic E-state index is 12.0. The van der Waals surface area contributed by atoms with Gasteiger partial charge in [0.25, 0.3) is 5.91 Å². The number of aliphatic hydroxyl groups excluding tert-OH is 1. The third kappa shape index (κ3) is 2.16. The van der Waals surface area contributed by atoms with Crippen LogP contribution in [0.4, 0.5) is 0 Å². The summed E-state index contributed by atoms with van der Waals surface area (Å²) in [5, 5.41) is 18.4. The Morgan fingerprint density at radius 2 is 2.18 bits per heavy atom. The molecule has 0 aromatic carbocycles. The van der Waals surface area contributed by atoms with Crippen molar-refractivity contribution in [2.75, 3.05) is 6.54 Å². The summed E-state index contributed by atoms with van der Waals surface area (Å²) >= 11 is 0. The molecule has 1 aliphatic heterocycles. The zero-order chi connectivity index (χ0) is 12.6. The number of rotatable bonds is 2. The molecule has 2 N–H and O–H groups in total. The van der Waals surface area contributed by atoms with Crippen molar-refractivity contribution >= 4 is 11.9 Å². The van der Waals surface area contributed by atoms with Crippen molar-refractivity contribution in [1.82, 2.24) is 4.90 Å². The number of likely N-dealkylation sites (tertiary alicyclic amines) is 1. The summed E-state index contributed by atoms with van der Waals surface area (Å²) in [5.41, 5.74) is 0. The first-order valence-electron chi connectivity index (χ1n) is 5.27. The molecule has 0 radical (unpaired) electrons. The Hall–Kier alpha value is -1.82. The smallest absolute Gasteiger partial charge is 0.326 e. The Balaban J connectivity index is 2.21. The molecule has 1 fully saturated rings. The Kier molecular flexibility index (Phi) is 2.89. The second-order valence-electron chi connectivity index (χ2n) is 4.11. The molecule has 2 heterocycles. The van der Waals surface area contributed by atoms with Crippen LogP contribution in [0.25, 0.3) is 0 Å². The third-order valence-corrected chi connectivity index (χ3v) is 2.78. The van der Waals surface area contributed by atoms with Crippen LogP contribution >= 0.6 is 0 Å². The molecule has 17 heavy (non-hydrogen) atoms. The fourth-order valence-electron chi connectivity index (χ4n) is 1.96. The number of aliphatic carboxylic acids is 1. The van der Waals surface area contributed by atoms with Gasteiger partial charge in [0.2, 0.25) is 0 Å². The minimum absolute atomic E-state index is 0.0234. The molecule has 1 aromatic heterocycles. The summed E-state index contributed by atoms with van der Waals surface area (Å²) < 4.78 is 5.16. The predicted octanol–water partition coefficient (Wildman–Crippen LogP) is 0.248. The molecule has 1 amide bonds. The molecule has 0 saturated carbocycles. The molecular weight excluding hydrogens is 226 g/mol. The number of nitrogens with zero attached hydrogens (tertiary/aromatic N) is 1. The van der Waals surface area contributed by atoms with E-state index < -0.39 is 24.0 Å². The lowest BCUT2D eigenvalue weighted by molar-refractivity contribution is -0.141. The van der Waals surface area contributed by atoms with Gasteiger partial charge in [0.15, 0.2) is 5.76 Å². The lowest BCUT2D eigenvalue weighted by Gasteiger charge is -2.19. The number of carbonyl (C=O) groups excluding carboxylic acids is 1. The molecule has 6 heteroatoms. The van der Waals surface area contributed by atoms with Crippen molar-refractivity contribution < 1.29 is 24.2 Å². The van der Waals surface area contributed by atoms with E-state index in [2.05, 4.69) is 0 Å². The van der Waals surface area contributed by atoms with Gasteiger partial charge in [-0.25, -0.2) is 4.79 Å². The van der Waals surface area contributed by atoms with Crippen molar-refractivity contribution in [1.29, 1.82) is 0 Å². The Morgan fingerprint density at radius 3 is 2.71 bits per heavy atom. The van der Waals surface area contributed by atoms with Crippen LogP contribution in [0, 0.1) is 6.92 Å². The number of carboxylic acids is 1. The zero-order valence-corrected chi connectivity index (χ0v) is 9.29. The highest BCUT2D eigenvalue weighted by molar-refractivity contribution is 5.94. The molecule has 1 unspecified atom stereocenters. The third-order valence-electron chi connectivity index (χ3n) is 2.78. The monoisotopic (exact) mass is 239 g/mol. The number of β-amino-alcohol motifs (C(OH)–C–C–N with tert-alkyl or cyclic N) is 1. The topological polar surface area (TPSA) is 91.0 Å². The first-order valence-corrected chi connectivity index (χ1v) is 5.27. The van der Waals surface area contributed by atoms with E-state index in [4.69, 9.17) is 9.52 Å². The largest absolute Gasteiger partial charge is 0.480 e. The predicted molar refractivity (Wildman–Crippen MR) is 56.5 cm³/mol. The van der Waals surface area contributed by atoms with Crippen LogP contribution in [0.15, 0.2) is 16.5 Å². The number of furan rings is 1. The van der Waals surface area contributed by atoms with Crippen LogP contribution in [0.5, 0.6) is 0 Å². The number of aliphatic hydroxyl groups is 1. The zero-order valence-electron chi connectivity index (χ0n) is 9.29. The second-order valence-corrected chi connectivity index (χ2v) is 4.11. The van der Waals surface area contributed by atoms with Crippen LogP contribution in [-0.4, -0.2) is 45.7 Å². The average Bonchev–Trinajstić information content (AvgIpc) is 2.83. The van der Waals surface area contributed by atoms with E-state index in [0.717, 1.165) is 4.90 Å². The summed E-state index contributed by atoms with van der Waals surface area (Å²) in [5.74, 6) is -0.928. The van der Waals surface area contributed by atoms with E-state index in [1.807, 2.05) is 0 Å². The van der Waals surface area contributed by atoms with Gasteiger partial charge in [-0.3, -0.25) is 4.79 Å². The molecule has 1 saturated heterocycles. The van der Waals surface area contributed by atoms with E-state index in [-0.39, 0.29) is 18.7 Å². The highest BCUT2D eigenvalue weighted by Gasteiger charge is 2.40. The first kappa shape index (κ1) is 11.7. The van der Waals surface area contributed by atoms with Crippen molar-refractivity contribution in [3.8, 4) is 0 Å². The molecule has 1 aromatic rings. The molecule has 0 aliphatic carbocycles. The van der Waals surface area contributed by atoms with Gasteiger partial charge in [0, 0.05) is 13.0 Å². The van der Waals surface area contributed by atoms with Crippen LogP contribution in [0.1, 0.15) is 22.7 Å². The number of carbonyl (C=O) groups is 2. The van der Waals surface area contributed by atoms with E-state index >= 15 is 0 Å². The maximum absolute atomic E-state index is 12.0. The number of hydrogen-bond acceptors (Lipinski definition) is 4. The molecule has 6 nitrogen and oxygen atoms in total. The molecule has 92 valence electrons. The van der Waals surface area contributed by atoms with Crippen LogP contribution in [0.2, 0.25) is 0 Å². The van der Waals surface area contributed by atoms with Gasteiger partial charge in [0.1, 0.15) is 11.8 Å². The highest BCUT2D eigenvalue weighted by atomic mass is 16.4. The standard InChI is InChI=1S/C11H13NO5/c1-6-2-3-9(17-6)10(14)12-5-7(13)4-8(12)11(15)16/h2-3,7-8,13H,4-5H2,1H3,(H,15,16)/t7?,8-/m0/s1. The van der Waals surface area contributed by atoms with Crippen molar-refractivity contribution in [2.45, 2.75) is 25.5 Å². The van der Waals surface area contributed by atoms with Crippen molar-refractivity contribution in [2.24, 2.45) is 0 Å². The minimum Gasteiger partial charge on any atom is -0.480 e. The molecule has 1 aliphatic rings. The Labute approximate surface area is 97.4 Å². The molecule has 2 rings (SSSR count). The fraction of sp³-hybridized carbons (Fsp3) is 0.455. The summed E-state index contributed by atoms with van der Waals surface area (Å²) in [6, 6.07) is 2.15. The Bertz CT molecular complexity index is 452. The molecular formula is C11H13NO5. The summed E-state index contributed by atoms with van der Waals surface area (Å²) in [4.78, 5) is 24.1. The van der Waals surface area contributed by atoms with Gasteiger partial charge in [-0.2, -0.15) is 0 Å². The quantitative estimate of drug-likeness (QED) is 0.771. The molecule has 0 spiro atoms. The van der Waals surface area contributed by atoms with E-state index in [9.17, 15) is 14.7 Å². The van der Waals surface area contributed by atoms with Gasteiger partial charge >= 0.3 is 5.97 Å². The number of hydrogen-bond donors (Lipinski definition) is 2. The number of aryl methyl sites for hydroxylation is 1. The lowest BCUT2D eigenvalue weighted by atomic mass is 10.2. The number of amides is 1. The first-order chi connectivity index (χ1) is 7.99. The van der Waals surface area contributed by atoms with Crippen molar-refractivity contribution in [3.05, 3.63) is 23.7 Å². The van der Waals surface area contributed by atoms with Gasteiger partial charge in [-0.1, -0.05) is 0 Å². The van der Waals surface area contributed by atoms with Gasteiger partial charge < -0.3 is 19.5 Å². The van der Waals surface area contributed by atoms with E-state index in [1.54, 1.807) is 13.0 Å². The van der Waals surface area contributed by atoms with E-state index in [1.165, 1.54) is 6.07 Å².